The molecule has 0 saturated heterocycles. The summed E-state index contributed by atoms with van der Waals surface area (Å²) in [4.78, 5) is 11.8. The fourth-order valence-electron chi connectivity index (χ4n) is 1.77. The Morgan fingerprint density at radius 1 is 1.29 bits per heavy atom. The molecule has 1 amide bonds. The zero-order chi connectivity index (χ0) is 17.8. The molecule has 0 unspecified atom stereocenters. The van der Waals surface area contributed by atoms with Gasteiger partial charge in [-0.3, -0.25) is 4.79 Å². The summed E-state index contributed by atoms with van der Waals surface area (Å²) in [5.74, 6) is -0.927. The molecule has 0 radical (unpaired) electrons. The number of nitrogens with one attached hydrogen (secondary N) is 1. The summed E-state index contributed by atoms with van der Waals surface area (Å²) in [5, 5.41) is 2.26. The molecule has 0 atom stereocenters. The molecule has 1 aromatic carbocycles. The van der Waals surface area contributed by atoms with Gasteiger partial charge in [0.25, 0.3) is 0 Å². The lowest BCUT2D eigenvalue weighted by atomic mass is 10.1. The monoisotopic (exact) mass is 389 g/mol. The van der Waals surface area contributed by atoms with E-state index in [9.17, 15) is 26.4 Å². The van der Waals surface area contributed by atoms with Crippen LogP contribution in [0, 0.1) is 0 Å². The summed E-state index contributed by atoms with van der Waals surface area (Å²) >= 11 is 0. The quantitative estimate of drug-likeness (QED) is 0.776. The van der Waals surface area contributed by atoms with E-state index in [0.717, 1.165) is 16.4 Å². The molecule has 0 aliphatic carbocycles. The maximum atomic E-state index is 12.8. The van der Waals surface area contributed by atoms with Gasteiger partial charge in [0.15, 0.2) is 0 Å². The van der Waals surface area contributed by atoms with Gasteiger partial charge in [-0.1, -0.05) is 0 Å². The Bertz CT molecular complexity index is 681. The summed E-state index contributed by atoms with van der Waals surface area (Å²) in [7, 11) is -2.34. The van der Waals surface area contributed by atoms with E-state index >= 15 is 0 Å². The van der Waals surface area contributed by atoms with E-state index in [4.69, 9.17) is 5.73 Å². The highest BCUT2D eigenvalue weighted by Gasteiger charge is 2.31. The average Bonchev–Trinajstić information content (AvgIpc) is 2.45. The maximum Gasteiger partial charge on any atom is 0.416 e. The number of hydrogen-bond donors (Lipinski definition) is 2. The first-order valence-electron chi connectivity index (χ1n) is 6.64. The summed E-state index contributed by atoms with van der Waals surface area (Å²) in [6.07, 6.45) is -4.58. The van der Waals surface area contributed by atoms with Crippen LogP contribution in [0.5, 0.6) is 0 Å². The van der Waals surface area contributed by atoms with Gasteiger partial charge in [0.1, 0.15) is 0 Å². The van der Waals surface area contributed by atoms with E-state index < -0.39 is 34.2 Å². The standard InChI is InChI=1S/C13H18F3N3O3S.ClH/c1-3-23(21,22)19(2)8-12(20)18-11-5-9(7-17)4-10(6-11)13(14,15)16;/h4-6H,3,7-8,17H2,1-2H3,(H,18,20);1H. The van der Waals surface area contributed by atoms with Gasteiger partial charge in [0, 0.05) is 19.3 Å². The Morgan fingerprint density at radius 2 is 1.88 bits per heavy atom. The van der Waals surface area contributed by atoms with E-state index in [1.54, 1.807) is 0 Å². The molecular weight excluding hydrogens is 371 g/mol. The summed E-state index contributed by atoms with van der Waals surface area (Å²) in [5.41, 5.74) is 4.52. The third kappa shape index (κ3) is 6.27. The van der Waals surface area contributed by atoms with Crippen molar-refractivity contribution < 1.29 is 26.4 Å². The predicted molar refractivity (Wildman–Crippen MR) is 87.3 cm³/mol. The minimum atomic E-state index is -4.58. The summed E-state index contributed by atoms with van der Waals surface area (Å²) in [6.45, 7) is 0.797. The smallest absolute Gasteiger partial charge is 0.326 e. The molecule has 3 N–H and O–H groups in total. The van der Waals surface area contributed by atoms with Crippen LogP contribution in [0.2, 0.25) is 0 Å². The maximum absolute atomic E-state index is 12.8. The lowest BCUT2D eigenvalue weighted by molar-refractivity contribution is -0.137. The molecule has 0 bridgehead atoms. The van der Waals surface area contributed by atoms with E-state index in [1.807, 2.05) is 0 Å². The predicted octanol–water partition coefficient (Wildman–Crippen LogP) is 1.81. The van der Waals surface area contributed by atoms with E-state index in [2.05, 4.69) is 5.32 Å². The number of benzene rings is 1. The highest BCUT2D eigenvalue weighted by molar-refractivity contribution is 7.89. The minimum Gasteiger partial charge on any atom is -0.326 e. The summed E-state index contributed by atoms with van der Waals surface area (Å²) in [6, 6.07) is 2.97. The molecule has 1 aromatic rings. The van der Waals surface area contributed by atoms with Crippen LogP contribution in [0.4, 0.5) is 18.9 Å². The van der Waals surface area contributed by atoms with Crippen molar-refractivity contribution >= 4 is 34.0 Å². The normalized spacial score (nSPS) is 12.0. The molecule has 24 heavy (non-hydrogen) atoms. The average molecular weight is 390 g/mol. The number of amides is 1. The molecule has 0 aromatic heterocycles. The lowest BCUT2D eigenvalue weighted by Crippen LogP contribution is -2.35. The SMILES string of the molecule is CCS(=O)(=O)N(C)CC(=O)Nc1cc(CN)cc(C(F)(F)F)c1.Cl. The van der Waals surface area contributed by atoms with Crippen LogP contribution in [0.3, 0.4) is 0 Å². The van der Waals surface area contributed by atoms with Crippen molar-refractivity contribution in [3.05, 3.63) is 29.3 Å². The van der Waals surface area contributed by atoms with Crippen LogP contribution < -0.4 is 11.1 Å². The van der Waals surface area contributed by atoms with Crippen LogP contribution in [0.25, 0.3) is 0 Å². The van der Waals surface area contributed by atoms with Gasteiger partial charge in [-0.25, -0.2) is 8.42 Å². The van der Waals surface area contributed by atoms with Gasteiger partial charge in [0.2, 0.25) is 15.9 Å². The molecule has 0 spiro atoms. The molecule has 0 aliphatic heterocycles. The second-order valence-corrected chi connectivity index (χ2v) is 7.19. The van der Waals surface area contributed by atoms with Crippen molar-refractivity contribution in [1.29, 1.82) is 0 Å². The third-order valence-corrected chi connectivity index (χ3v) is 4.85. The van der Waals surface area contributed by atoms with Crippen molar-refractivity contribution in [2.75, 3.05) is 24.7 Å². The van der Waals surface area contributed by atoms with Crippen molar-refractivity contribution in [3.63, 3.8) is 0 Å². The minimum absolute atomic E-state index is 0. The topological polar surface area (TPSA) is 92.5 Å². The zero-order valence-corrected chi connectivity index (χ0v) is 14.7. The molecule has 1 rings (SSSR count). The Labute approximate surface area is 144 Å². The van der Waals surface area contributed by atoms with Crippen LogP contribution >= 0.6 is 12.4 Å². The third-order valence-electron chi connectivity index (χ3n) is 3.05. The number of carbonyl (C=O) groups excluding carboxylic acids is 1. The number of alkyl halides is 3. The fourth-order valence-corrected chi connectivity index (χ4v) is 2.52. The number of hydrogen-bond acceptors (Lipinski definition) is 4. The molecule has 0 heterocycles. The van der Waals surface area contributed by atoms with Gasteiger partial charge >= 0.3 is 6.18 Å². The van der Waals surface area contributed by atoms with Crippen LogP contribution in [0.1, 0.15) is 18.1 Å². The van der Waals surface area contributed by atoms with Crippen molar-refractivity contribution in [2.45, 2.75) is 19.6 Å². The van der Waals surface area contributed by atoms with Gasteiger partial charge in [-0.15, -0.1) is 12.4 Å². The number of likely N-dealkylation sites (N-methyl/N-ethyl adjacent to an activating group) is 1. The van der Waals surface area contributed by atoms with Gasteiger partial charge in [-0.2, -0.15) is 17.5 Å². The Morgan fingerprint density at radius 3 is 2.33 bits per heavy atom. The first-order valence-corrected chi connectivity index (χ1v) is 8.25. The number of anilines is 1. The highest BCUT2D eigenvalue weighted by atomic mass is 35.5. The number of rotatable bonds is 6. The molecular formula is C13H19ClF3N3O3S. The Hall–Kier alpha value is -1.36. The van der Waals surface area contributed by atoms with Crippen LogP contribution in [-0.4, -0.2) is 38.0 Å². The molecule has 138 valence electrons. The fraction of sp³-hybridized carbons (Fsp3) is 0.462. The number of nitrogens with two attached hydrogens (primary N) is 1. The number of nitrogens with zero attached hydrogens (tertiary/aromatic N) is 1. The number of halogens is 4. The first kappa shape index (κ1) is 22.6. The Balaban J connectivity index is 0.00000529. The molecule has 0 aliphatic rings. The molecule has 0 saturated carbocycles. The number of carbonyl (C=O) groups is 1. The van der Waals surface area contributed by atoms with Gasteiger partial charge < -0.3 is 11.1 Å². The van der Waals surface area contributed by atoms with Crippen LogP contribution in [0.15, 0.2) is 18.2 Å². The second kappa shape index (κ2) is 8.65. The van der Waals surface area contributed by atoms with Crippen LogP contribution in [-0.2, 0) is 27.5 Å². The van der Waals surface area contributed by atoms with Gasteiger partial charge in [0.05, 0.1) is 17.9 Å². The summed E-state index contributed by atoms with van der Waals surface area (Å²) < 4.78 is 62.3. The van der Waals surface area contributed by atoms with Crippen molar-refractivity contribution in [2.24, 2.45) is 5.73 Å². The number of sulfonamides is 1. The molecule has 11 heteroatoms. The lowest BCUT2D eigenvalue weighted by Gasteiger charge is -2.16. The highest BCUT2D eigenvalue weighted by Crippen LogP contribution is 2.32. The second-order valence-electron chi connectivity index (χ2n) is 4.83. The zero-order valence-electron chi connectivity index (χ0n) is 13.1. The largest absolute Gasteiger partial charge is 0.416 e. The van der Waals surface area contributed by atoms with Crippen molar-refractivity contribution in [3.8, 4) is 0 Å². The first-order chi connectivity index (χ1) is 10.5. The van der Waals surface area contributed by atoms with E-state index in [-0.39, 0.29) is 36.0 Å². The molecule has 6 nitrogen and oxygen atoms in total. The van der Waals surface area contributed by atoms with E-state index in [1.165, 1.54) is 20.0 Å². The van der Waals surface area contributed by atoms with Crippen molar-refractivity contribution in [1.82, 2.24) is 4.31 Å². The molecule has 0 fully saturated rings. The Kier molecular flexibility index (Phi) is 8.16. The van der Waals surface area contributed by atoms with Gasteiger partial charge in [-0.05, 0) is 30.7 Å². The van der Waals surface area contributed by atoms with E-state index in [0.29, 0.717) is 0 Å².